The molecule has 0 spiro atoms. The van der Waals surface area contributed by atoms with Crippen LogP contribution in [0.1, 0.15) is 36.5 Å². The summed E-state index contributed by atoms with van der Waals surface area (Å²) >= 11 is 14.2. The second-order valence-electron chi connectivity index (χ2n) is 8.61. The number of alkyl halides is 3. The van der Waals surface area contributed by atoms with Gasteiger partial charge in [-0.15, -0.1) is 11.8 Å². The van der Waals surface area contributed by atoms with Crippen LogP contribution in [0.25, 0.3) is 10.9 Å². The molecule has 1 atom stereocenters. The summed E-state index contributed by atoms with van der Waals surface area (Å²) in [6.07, 6.45) is -1.72. The predicted octanol–water partition coefficient (Wildman–Crippen LogP) is 5.81. The van der Waals surface area contributed by atoms with Crippen molar-refractivity contribution in [1.82, 2.24) is 14.5 Å². The Labute approximate surface area is 215 Å². The van der Waals surface area contributed by atoms with E-state index in [1.54, 1.807) is 23.9 Å². The van der Waals surface area contributed by atoms with Crippen LogP contribution in [-0.4, -0.2) is 39.3 Å². The van der Waals surface area contributed by atoms with E-state index in [1.807, 2.05) is 17.9 Å². The van der Waals surface area contributed by atoms with E-state index in [1.165, 1.54) is 10.9 Å². The van der Waals surface area contributed by atoms with Crippen molar-refractivity contribution in [1.29, 1.82) is 0 Å². The molecule has 1 aromatic heterocycles. The maximum absolute atomic E-state index is 14.1. The largest absolute Gasteiger partial charge is 0.416 e. The first kappa shape index (κ1) is 26.3. The van der Waals surface area contributed by atoms with Crippen LogP contribution in [0.2, 0.25) is 10.0 Å². The van der Waals surface area contributed by atoms with Crippen molar-refractivity contribution in [2.45, 2.75) is 50.0 Å². The smallest absolute Gasteiger partial charge is 0.327 e. The van der Waals surface area contributed by atoms with Gasteiger partial charge in [0, 0.05) is 29.0 Å². The molecule has 5 nitrogen and oxygen atoms in total. The molecule has 0 unspecified atom stereocenters. The minimum absolute atomic E-state index is 0.0117. The molecule has 0 radical (unpaired) electrons. The number of halogens is 5. The van der Waals surface area contributed by atoms with Crippen molar-refractivity contribution in [2.24, 2.45) is 5.73 Å². The number of benzene rings is 2. The minimum atomic E-state index is -4.68. The topological polar surface area (TPSA) is 64.2 Å². The highest BCUT2D eigenvalue weighted by atomic mass is 35.5. The van der Waals surface area contributed by atoms with Crippen LogP contribution in [0.4, 0.5) is 13.2 Å². The van der Waals surface area contributed by atoms with E-state index in [2.05, 4.69) is 4.98 Å². The predicted molar refractivity (Wildman–Crippen MR) is 135 cm³/mol. The zero-order valence-electron chi connectivity index (χ0n) is 19.0. The molecule has 11 heteroatoms. The van der Waals surface area contributed by atoms with Crippen LogP contribution >= 0.6 is 35.0 Å². The zero-order chi connectivity index (χ0) is 25.3. The van der Waals surface area contributed by atoms with Crippen molar-refractivity contribution in [3.63, 3.8) is 0 Å². The number of nitrogens with two attached hydrogens (primary N) is 1. The van der Waals surface area contributed by atoms with Gasteiger partial charge in [-0.3, -0.25) is 14.3 Å². The van der Waals surface area contributed by atoms with Crippen LogP contribution in [0.5, 0.6) is 0 Å². The molecule has 0 amide bonds. The lowest BCUT2D eigenvalue weighted by Gasteiger charge is -2.31. The number of hydrogen-bond donors (Lipinski definition) is 1. The average Bonchev–Trinajstić information content (AvgIpc) is 2.78. The van der Waals surface area contributed by atoms with Crippen molar-refractivity contribution < 1.29 is 13.2 Å². The van der Waals surface area contributed by atoms with Crippen LogP contribution in [0, 0.1) is 0 Å². The summed E-state index contributed by atoms with van der Waals surface area (Å²) in [7, 11) is 0. The summed E-state index contributed by atoms with van der Waals surface area (Å²) in [5, 5.41) is 0.186. The fourth-order valence-corrected chi connectivity index (χ4v) is 5.72. The highest BCUT2D eigenvalue weighted by Gasteiger charge is 2.36. The molecule has 35 heavy (non-hydrogen) atoms. The van der Waals surface area contributed by atoms with Crippen molar-refractivity contribution in [3.8, 4) is 0 Å². The van der Waals surface area contributed by atoms with Crippen molar-refractivity contribution in [2.75, 3.05) is 18.8 Å². The van der Waals surface area contributed by atoms with Crippen LogP contribution in [0.15, 0.2) is 40.3 Å². The molecule has 4 rings (SSSR count). The molecule has 0 saturated carbocycles. The molecule has 2 heterocycles. The number of aromatic nitrogens is 2. The van der Waals surface area contributed by atoms with Crippen molar-refractivity contribution in [3.05, 3.63) is 67.7 Å². The molecule has 1 aliphatic heterocycles. The van der Waals surface area contributed by atoms with Crippen LogP contribution in [0.3, 0.4) is 0 Å². The normalized spacial score (nSPS) is 17.3. The lowest BCUT2D eigenvalue weighted by Crippen LogP contribution is -2.42. The highest BCUT2D eigenvalue weighted by molar-refractivity contribution is 7.99. The molecule has 1 fully saturated rings. The quantitative estimate of drug-likeness (QED) is 0.397. The van der Waals surface area contributed by atoms with Gasteiger partial charge in [0.1, 0.15) is 0 Å². The number of rotatable bonds is 6. The summed E-state index contributed by atoms with van der Waals surface area (Å²) in [4.78, 5) is 20.4. The van der Waals surface area contributed by atoms with Gasteiger partial charge in [0.2, 0.25) is 0 Å². The molecule has 0 bridgehead atoms. The molecule has 1 saturated heterocycles. The van der Waals surface area contributed by atoms with Gasteiger partial charge in [-0.25, -0.2) is 4.98 Å². The summed E-state index contributed by atoms with van der Waals surface area (Å²) in [6, 6.07) is 6.16. The summed E-state index contributed by atoms with van der Waals surface area (Å²) in [6.45, 7) is 3.23. The fourth-order valence-electron chi connectivity index (χ4n) is 4.43. The zero-order valence-corrected chi connectivity index (χ0v) is 21.4. The Morgan fingerprint density at radius 2 is 2.00 bits per heavy atom. The Morgan fingerprint density at radius 3 is 2.69 bits per heavy atom. The maximum atomic E-state index is 14.1. The van der Waals surface area contributed by atoms with Gasteiger partial charge in [0.15, 0.2) is 0 Å². The lowest BCUT2D eigenvalue weighted by molar-refractivity contribution is -0.138. The second-order valence-corrected chi connectivity index (χ2v) is 10.7. The SMILES string of the molecule is CCSc1ccc(Cl)cc1Cn1cnc2c(Cl)c(CN3CCC[C@@H](N)C3)c(C(F)(F)F)cc2c1=O. The minimum Gasteiger partial charge on any atom is -0.327 e. The first-order valence-electron chi connectivity index (χ1n) is 11.2. The van der Waals surface area contributed by atoms with E-state index in [0.717, 1.165) is 35.1 Å². The molecule has 1 aliphatic rings. The number of piperidine rings is 1. The summed E-state index contributed by atoms with van der Waals surface area (Å²) < 4.78 is 43.6. The van der Waals surface area contributed by atoms with E-state index in [-0.39, 0.29) is 40.6 Å². The molecule has 2 N–H and O–H groups in total. The lowest BCUT2D eigenvalue weighted by atomic mass is 10.0. The molecular formula is C24H25Cl2F3N4OS. The Kier molecular flexibility index (Phi) is 8.02. The molecule has 0 aliphatic carbocycles. The number of fused-ring (bicyclic) bond motifs is 1. The summed E-state index contributed by atoms with van der Waals surface area (Å²) in [5.74, 6) is 0.814. The van der Waals surface area contributed by atoms with E-state index >= 15 is 0 Å². The first-order valence-corrected chi connectivity index (χ1v) is 13.0. The van der Waals surface area contributed by atoms with Gasteiger partial charge < -0.3 is 5.73 Å². The number of thioether (sulfide) groups is 1. The van der Waals surface area contributed by atoms with Gasteiger partial charge in [0.25, 0.3) is 5.56 Å². The fraction of sp³-hybridized carbons (Fsp3) is 0.417. The summed E-state index contributed by atoms with van der Waals surface area (Å²) in [5.41, 5.74) is 5.26. The average molecular weight is 545 g/mol. The van der Waals surface area contributed by atoms with Crippen molar-refractivity contribution >= 4 is 45.9 Å². The van der Waals surface area contributed by atoms with E-state index in [9.17, 15) is 18.0 Å². The highest BCUT2D eigenvalue weighted by Crippen LogP contribution is 2.39. The Bertz CT molecular complexity index is 1300. The number of nitrogens with zero attached hydrogens (tertiary/aromatic N) is 3. The third kappa shape index (κ3) is 5.80. The number of hydrogen-bond acceptors (Lipinski definition) is 5. The first-order chi connectivity index (χ1) is 16.6. The van der Waals surface area contributed by atoms with E-state index in [0.29, 0.717) is 18.1 Å². The molecule has 2 aromatic carbocycles. The van der Waals surface area contributed by atoms with Gasteiger partial charge in [-0.1, -0.05) is 30.1 Å². The van der Waals surface area contributed by atoms with Gasteiger partial charge in [-0.2, -0.15) is 13.2 Å². The Hall–Kier alpha value is -1.78. The third-order valence-corrected chi connectivity index (χ3v) is 7.69. The Balaban J connectivity index is 1.80. The van der Waals surface area contributed by atoms with Gasteiger partial charge >= 0.3 is 6.18 Å². The monoisotopic (exact) mass is 544 g/mol. The van der Waals surface area contributed by atoms with Gasteiger partial charge in [-0.05, 0) is 60.5 Å². The van der Waals surface area contributed by atoms with E-state index in [4.69, 9.17) is 28.9 Å². The molecule has 188 valence electrons. The van der Waals surface area contributed by atoms with Gasteiger partial charge in [0.05, 0.1) is 34.4 Å². The molecule has 3 aromatic rings. The number of likely N-dealkylation sites (tertiary alicyclic amines) is 1. The van der Waals surface area contributed by atoms with Crippen LogP contribution in [-0.2, 0) is 19.3 Å². The molecular weight excluding hydrogens is 520 g/mol. The third-order valence-electron chi connectivity index (χ3n) is 6.05. The Morgan fingerprint density at radius 1 is 1.23 bits per heavy atom. The van der Waals surface area contributed by atoms with Crippen LogP contribution < -0.4 is 11.3 Å². The maximum Gasteiger partial charge on any atom is 0.416 e. The van der Waals surface area contributed by atoms with E-state index < -0.39 is 17.3 Å². The second kappa shape index (κ2) is 10.7. The standard InChI is InChI=1S/C24H25Cl2F3N4OS/c1-2-35-20-6-5-15(25)8-14(20)10-33-13-31-22-17(23(33)34)9-19(24(27,28)29)18(21(22)26)12-32-7-3-4-16(30)11-32/h5-6,8-9,13,16H,2-4,7,10-12,30H2,1H3/t16-/m1/s1.